The minimum Gasteiger partial charge on any atom is -0.326 e. The van der Waals surface area contributed by atoms with Crippen LogP contribution in [-0.2, 0) is 11.2 Å². The first-order valence-corrected chi connectivity index (χ1v) is 9.51. The first-order chi connectivity index (χ1) is 13.5. The van der Waals surface area contributed by atoms with Gasteiger partial charge >= 0.3 is 0 Å². The lowest BCUT2D eigenvalue weighted by Gasteiger charge is -2.04. The van der Waals surface area contributed by atoms with E-state index >= 15 is 0 Å². The molecule has 9 heteroatoms. The fraction of sp³-hybridized carbons (Fsp3) is 0.0526. The van der Waals surface area contributed by atoms with Crippen LogP contribution in [0.4, 0.5) is 11.4 Å². The SMILES string of the molecule is O=C(Cc1csc2nc(-c3ccc(Cl)cc3)cn12)Nc1ccc([N+](=O)[O-])cc1. The van der Waals surface area contributed by atoms with E-state index in [1.165, 1.54) is 35.6 Å². The Morgan fingerprint density at radius 1 is 1.18 bits per heavy atom. The van der Waals surface area contributed by atoms with Crippen LogP contribution >= 0.6 is 22.9 Å². The van der Waals surface area contributed by atoms with Gasteiger partial charge in [0.25, 0.3) is 5.69 Å². The monoisotopic (exact) mass is 412 g/mol. The molecule has 0 unspecified atom stereocenters. The largest absolute Gasteiger partial charge is 0.326 e. The average Bonchev–Trinajstić information content (AvgIpc) is 3.25. The number of non-ortho nitro benzene ring substituents is 1. The highest BCUT2D eigenvalue weighted by molar-refractivity contribution is 7.15. The number of anilines is 1. The molecule has 1 N–H and O–H groups in total. The Hall–Kier alpha value is -3.23. The van der Waals surface area contributed by atoms with Crippen molar-refractivity contribution in [2.24, 2.45) is 0 Å². The molecule has 0 atom stereocenters. The molecule has 0 aliphatic heterocycles. The number of rotatable bonds is 5. The Morgan fingerprint density at radius 3 is 2.57 bits per heavy atom. The molecule has 0 fully saturated rings. The molecule has 140 valence electrons. The molecule has 0 bridgehead atoms. The van der Waals surface area contributed by atoms with Crippen LogP contribution in [0.25, 0.3) is 16.2 Å². The van der Waals surface area contributed by atoms with Crippen molar-refractivity contribution >= 4 is 45.2 Å². The maximum Gasteiger partial charge on any atom is 0.269 e. The van der Waals surface area contributed by atoms with Crippen LogP contribution in [-0.4, -0.2) is 20.2 Å². The quantitative estimate of drug-likeness (QED) is 0.376. The van der Waals surface area contributed by atoms with Gasteiger partial charge in [-0.3, -0.25) is 19.3 Å². The van der Waals surface area contributed by atoms with Gasteiger partial charge in [-0.1, -0.05) is 23.7 Å². The van der Waals surface area contributed by atoms with Gasteiger partial charge in [-0.25, -0.2) is 4.98 Å². The molecule has 0 saturated heterocycles. The Bertz CT molecular complexity index is 1170. The molecule has 2 aromatic carbocycles. The number of fused-ring (bicyclic) bond motifs is 1. The number of hydrogen-bond acceptors (Lipinski definition) is 5. The number of benzene rings is 2. The van der Waals surface area contributed by atoms with Crippen molar-refractivity contribution < 1.29 is 9.72 Å². The lowest BCUT2D eigenvalue weighted by Crippen LogP contribution is -2.15. The van der Waals surface area contributed by atoms with Crippen LogP contribution in [0, 0.1) is 10.1 Å². The molecular weight excluding hydrogens is 400 g/mol. The summed E-state index contributed by atoms with van der Waals surface area (Å²) in [4.78, 5) is 28.0. The molecule has 4 rings (SSSR count). The van der Waals surface area contributed by atoms with Gasteiger partial charge in [0, 0.05) is 45.7 Å². The standard InChI is InChI=1S/C19H13ClN4O3S/c20-13-3-1-12(2-4-13)17-10-23-16(11-28-19(23)22-17)9-18(25)21-14-5-7-15(8-6-14)24(26)27/h1-8,10-11H,9H2,(H,21,25). The topological polar surface area (TPSA) is 89.5 Å². The summed E-state index contributed by atoms with van der Waals surface area (Å²) in [5.41, 5.74) is 3.05. The number of nitro benzene ring substituents is 1. The number of nitro groups is 1. The van der Waals surface area contributed by atoms with Crippen LogP contribution < -0.4 is 5.32 Å². The maximum atomic E-state index is 12.4. The average molecular weight is 413 g/mol. The van der Waals surface area contributed by atoms with Gasteiger partial charge in [-0.05, 0) is 24.3 Å². The van der Waals surface area contributed by atoms with Gasteiger partial charge in [0.15, 0.2) is 4.96 Å². The van der Waals surface area contributed by atoms with E-state index in [2.05, 4.69) is 10.3 Å². The summed E-state index contributed by atoms with van der Waals surface area (Å²) in [6.07, 6.45) is 2.05. The summed E-state index contributed by atoms with van der Waals surface area (Å²) in [7, 11) is 0. The Morgan fingerprint density at radius 2 is 1.89 bits per heavy atom. The minimum absolute atomic E-state index is 0.0225. The van der Waals surface area contributed by atoms with Crippen molar-refractivity contribution in [2.75, 3.05) is 5.32 Å². The van der Waals surface area contributed by atoms with Gasteiger partial charge < -0.3 is 5.32 Å². The van der Waals surface area contributed by atoms with E-state index < -0.39 is 4.92 Å². The molecule has 1 amide bonds. The van der Waals surface area contributed by atoms with Gasteiger partial charge in [0.1, 0.15) is 0 Å². The van der Waals surface area contributed by atoms with E-state index in [1.807, 2.05) is 40.2 Å². The Labute approximate surface area is 168 Å². The lowest BCUT2D eigenvalue weighted by atomic mass is 10.2. The molecule has 0 aliphatic rings. The van der Waals surface area contributed by atoms with Crippen LogP contribution in [0.1, 0.15) is 5.69 Å². The van der Waals surface area contributed by atoms with Crippen LogP contribution in [0.15, 0.2) is 60.1 Å². The van der Waals surface area contributed by atoms with Crippen LogP contribution in [0.2, 0.25) is 5.02 Å². The van der Waals surface area contributed by atoms with Gasteiger partial charge in [0.05, 0.1) is 17.0 Å². The summed E-state index contributed by atoms with van der Waals surface area (Å²) >= 11 is 7.39. The van der Waals surface area contributed by atoms with E-state index in [9.17, 15) is 14.9 Å². The number of nitrogens with one attached hydrogen (secondary N) is 1. The third-order valence-electron chi connectivity index (χ3n) is 4.13. The Balaban J connectivity index is 1.50. The molecular formula is C19H13ClN4O3S. The number of amides is 1. The first-order valence-electron chi connectivity index (χ1n) is 8.25. The predicted octanol–water partition coefficient (Wildman–Crippen LogP) is 4.81. The second kappa shape index (κ2) is 7.41. The number of aromatic nitrogens is 2. The predicted molar refractivity (Wildman–Crippen MR) is 109 cm³/mol. The lowest BCUT2D eigenvalue weighted by molar-refractivity contribution is -0.384. The van der Waals surface area contributed by atoms with E-state index in [4.69, 9.17) is 11.6 Å². The number of imidazole rings is 1. The third kappa shape index (κ3) is 3.73. The third-order valence-corrected chi connectivity index (χ3v) is 5.27. The summed E-state index contributed by atoms with van der Waals surface area (Å²) in [6.45, 7) is 0. The van der Waals surface area contributed by atoms with Crippen molar-refractivity contribution in [2.45, 2.75) is 6.42 Å². The highest BCUT2D eigenvalue weighted by Crippen LogP contribution is 2.25. The van der Waals surface area contributed by atoms with Crippen molar-refractivity contribution in [1.82, 2.24) is 9.38 Å². The number of nitrogens with zero attached hydrogens (tertiary/aromatic N) is 3. The van der Waals surface area contributed by atoms with Crippen molar-refractivity contribution in [1.29, 1.82) is 0 Å². The van der Waals surface area contributed by atoms with E-state index in [0.29, 0.717) is 10.7 Å². The first kappa shape index (κ1) is 18.1. The van der Waals surface area contributed by atoms with Crippen LogP contribution in [0.3, 0.4) is 0 Å². The van der Waals surface area contributed by atoms with Gasteiger partial charge in [-0.2, -0.15) is 0 Å². The highest BCUT2D eigenvalue weighted by atomic mass is 35.5. The molecule has 4 aromatic rings. The van der Waals surface area contributed by atoms with Gasteiger partial charge in [-0.15, -0.1) is 11.3 Å². The molecule has 2 aromatic heterocycles. The van der Waals surface area contributed by atoms with Crippen LogP contribution in [0.5, 0.6) is 0 Å². The van der Waals surface area contributed by atoms with E-state index in [0.717, 1.165) is 21.9 Å². The second-order valence-electron chi connectivity index (χ2n) is 6.04. The zero-order valence-corrected chi connectivity index (χ0v) is 15.9. The zero-order chi connectivity index (χ0) is 19.7. The van der Waals surface area contributed by atoms with Crippen molar-refractivity contribution in [3.63, 3.8) is 0 Å². The zero-order valence-electron chi connectivity index (χ0n) is 14.3. The van der Waals surface area contributed by atoms with E-state index in [1.54, 1.807) is 0 Å². The van der Waals surface area contributed by atoms with Crippen molar-refractivity contribution in [3.05, 3.63) is 80.9 Å². The number of carbonyl (C=O) groups is 1. The number of thiazole rings is 1. The molecule has 0 saturated carbocycles. The molecule has 7 nitrogen and oxygen atoms in total. The summed E-state index contributed by atoms with van der Waals surface area (Å²) < 4.78 is 1.89. The van der Waals surface area contributed by atoms with Crippen molar-refractivity contribution in [3.8, 4) is 11.3 Å². The number of hydrogen-bond donors (Lipinski definition) is 1. The maximum absolute atomic E-state index is 12.4. The molecule has 28 heavy (non-hydrogen) atoms. The smallest absolute Gasteiger partial charge is 0.269 e. The molecule has 0 aliphatic carbocycles. The summed E-state index contributed by atoms with van der Waals surface area (Å²) in [6, 6.07) is 13.1. The second-order valence-corrected chi connectivity index (χ2v) is 7.31. The highest BCUT2D eigenvalue weighted by Gasteiger charge is 2.13. The summed E-state index contributed by atoms with van der Waals surface area (Å²) in [5.74, 6) is -0.213. The fourth-order valence-electron chi connectivity index (χ4n) is 2.75. The van der Waals surface area contributed by atoms with E-state index in [-0.39, 0.29) is 18.0 Å². The number of carbonyl (C=O) groups excluding carboxylic acids is 1. The number of halogens is 1. The summed E-state index contributed by atoms with van der Waals surface area (Å²) in [5, 5.41) is 16.0. The molecule has 2 heterocycles. The normalized spacial score (nSPS) is 10.9. The Kier molecular flexibility index (Phi) is 4.81. The molecule has 0 spiro atoms. The fourth-order valence-corrected chi connectivity index (χ4v) is 3.75. The molecule has 0 radical (unpaired) electrons. The minimum atomic E-state index is -0.481. The van der Waals surface area contributed by atoms with Gasteiger partial charge in [0.2, 0.25) is 5.91 Å².